The summed E-state index contributed by atoms with van der Waals surface area (Å²) >= 11 is 0. The highest BCUT2D eigenvalue weighted by Gasteiger charge is 2.12. The number of carboxylic acid groups (broad SMARTS) is 1. The number of nitriles is 1. The lowest BCUT2D eigenvalue weighted by Gasteiger charge is -2.10. The summed E-state index contributed by atoms with van der Waals surface area (Å²) in [6.07, 6.45) is 4.05. The van der Waals surface area contributed by atoms with Crippen LogP contribution in [0.4, 0.5) is 0 Å². The number of rotatable bonds is 9. The van der Waals surface area contributed by atoms with Crippen LogP contribution in [0.5, 0.6) is 5.75 Å². The van der Waals surface area contributed by atoms with Crippen LogP contribution >= 0.6 is 0 Å². The first-order chi connectivity index (χ1) is 17.0. The molecule has 1 heterocycles. The Morgan fingerprint density at radius 2 is 1.86 bits per heavy atom. The van der Waals surface area contributed by atoms with Crippen LogP contribution in [0.15, 0.2) is 84.6 Å². The predicted octanol–water partition coefficient (Wildman–Crippen LogP) is 4.71. The van der Waals surface area contributed by atoms with Crippen LogP contribution in [0.1, 0.15) is 27.0 Å². The van der Waals surface area contributed by atoms with Crippen LogP contribution in [0.3, 0.4) is 0 Å². The van der Waals surface area contributed by atoms with E-state index in [-0.39, 0.29) is 17.7 Å². The van der Waals surface area contributed by atoms with Gasteiger partial charge in [-0.15, -0.1) is 0 Å². The van der Waals surface area contributed by atoms with E-state index in [1.54, 1.807) is 42.5 Å². The van der Waals surface area contributed by atoms with E-state index < -0.39 is 11.9 Å². The maximum atomic E-state index is 12.7. The Kier molecular flexibility index (Phi) is 7.24. The van der Waals surface area contributed by atoms with Crippen LogP contribution in [-0.4, -0.2) is 28.5 Å². The van der Waals surface area contributed by atoms with Crippen molar-refractivity contribution in [3.05, 3.63) is 107 Å². The molecule has 0 aliphatic carbocycles. The van der Waals surface area contributed by atoms with E-state index in [0.717, 1.165) is 16.5 Å². The second-order valence-electron chi connectivity index (χ2n) is 7.87. The molecule has 0 aliphatic heterocycles. The minimum Gasteiger partial charge on any atom is -0.488 e. The molecular weight excluding hydrogens is 442 g/mol. The number of para-hydroxylation sites is 2. The summed E-state index contributed by atoms with van der Waals surface area (Å²) in [4.78, 5) is 27.0. The van der Waals surface area contributed by atoms with E-state index in [9.17, 15) is 14.9 Å². The summed E-state index contributed by atoms with van der Waals surface area (Å²) in [7, 11) is 0. The lowest BCUT2D eigenvalue weighted by molar-refractivity contribution is -0.117. The van der Waals surface area contributed by atoms with Crippen molar-refractivity contribution in [1.82, 2.24) is 10.3 Å². The van der Waals surface area contributed by atoms with Gasteiger partial charge in [-0.1, -0.05) is 48.5 Å². The molecule has 1 aromatic heterocycles. The summed E-state index contributed by atoms with van der Waals surface area (Å²) in [6.45, 7) is 0.530. The number of carbonyl (C=O) groups excluding carboxylic acids is 1. The number of aromatic amines is 1. The third-order valence-corrected chi connectivity index (χ3v) is 5.51. The van der Waals surface area contributed by atoms with Gasteiger partial charge in [0, 0.05) is 29.2 Å². The molecule has 7 heteroatoms. The SMILES string of the molecule is N#C/C(=C\c1ccccc1OCc1cccc(C(=O)O)c1)C(=O)NCCc1c[nH]c2ccccc12. The molecule has 0 bridgehead atoms. The van der Waals surface area contributed by atoms with Gasteiger partial charge in [-0.05, 0) is 47.9 Å². The molecule has 35 heavy (non-hydrogen) atoms. The van der Waals surface area contributed by atoms with Crippen molar-refractivity contribution in [3.63, 3.8) is 0 Å². The molecule has 0 aliphatic rings. The average molecular weight is 466 g/mol. The number of benzene rings is 3. The topological polar surface area (TPSA) is 115 Å². The largest absolute Gasteiger partial charge is 0.488 e. The van der Waals surface area contributed by atoms with Crippen molar-refractivity contribution in [2.24, 2.45) is 0 Å². The fraction of sp³-hybridized carbons (Fsp3) is 0.107. The number of hydrogen-bond acceptors (Lipinski definition) is 4. The third kappa shape index (κ3) is 5.75. The zero-order valence-corrected chi connectivity index (χ0v) is 18.8. The van der Waals surface area contributed by atoms with Crippen molar-refractivity contribution < 1.29 is 19.4 Å². The molecule has 174 valence electrons. The quantitative estimate of drug-likeness (QED) is 0.245. The number of ether oxygens (including phenoxy) is 1. The standard InChI is InChI=1S/C28H23N3O4/c29-16-23(27(32)30-13-12-22-17-31-25-10-3-2-9-24(22)25)15-20-7-1-4-11-26(20)35-18-19-6-5-8-21(14-19)28(33)34/h1-11,14-15,17,31H,12-13,18H2,(H,30,32)(H,33,34)/b23-15+. The molecule has 0 unspecified atom stereocenters. The van der Waals surface area contributed by atoms with Gasteiger partial charge in [0.1, 0.15) is 24.0 Å². The van der Waals surface area contributed by atoms with Crippen LogP contribution in [-0.2, 0) is 17.8 Å². The molecule has 0 radical (unpaired) electrons. The van der Waals surface area contributed by atoms with Gasteiger partial charge in [0.25, 0.3) is 5.91 Å². The molecule has 0 fully saturated rings. The number of aromatic nitrogens is 1. The Labute approximate surface area is 202 Å². The highest BCUT2D eigenvalue weighted by molar-refractivity contribution is 6.02. The number of carbonyl (C=O) groups is 2. The monoisotopic (exact) mass is 465 g/mol. The average Bonchev–Trinajstić information content (AvgIpc) is 3.29. The van der Waals surface area contributed by atoms with Crippen molar-refractivity contribution in [2.45, 2.75) is 13.0 Å². The second-order valence-corrected chi connectivity index (χ2v) is 7.87. The van der Waals surface area contributed by atoms with E-state index in [0.29, 0.717) is 29.8 Å². The predicted molar refractivity (Wildman–Crippen MR) is 133 cm³/mol. The highest BCUT2D eigenvalue weighted by Crippen LogP contribution is 2.23. The fourth-order valence-electron chi connectivity index (χ4n) is 3.73. The van der Waals surface area contributed by atoms with Crippen molar-refractivity contribution in [1.29, 1.82) is 5.26 Å². The Bertz CT molecular complexity index is 1450. The molecule has 0 saturated heterocycles. The molecule has 0 saturated carbocycles. The second kappa shape index (κ2) is 10.9. The van der Waals surface area contributed by atoms with Gasteiger partial charge in [0.05, 0.1) is 5.56 Å². The summed E-state index contributed by atoms with van der Waals surface area (Å²) in [5.74, 6) is -0.992. The van der Waals surface area contributed by atoms with E-state index in [2.05, 4.69) is 10.3 Å². The molecule has 3 aromatic carbocycles. The molecule has 3 N–H and O–H groups in total. The minimum atomic E-state index is -1.01. The van der Waals surface area contributed by atoms with Gasteiger partial charge in [-0.3, -0.25) is 4.79 Å². The van der Waals surface area contributed by atoms with Crippen LogP contribution in [0, 0.1) is 11.3 Å². The van der Waals surface area contributed by atoms with Crippen LogP contribution < -0.4 is 10.1 Å². The van der Waals surface area contributed by atoms with E-state index in [4.69, 9.17) is 9.84 Å². The van der Waals surface area contributed by atoms with E-state index >= 15 is 0 Å². The van der Waals surface area contributed by atoms with Gasteiger partial charge in [-0.2, -0.15) is 5.26 Å². The Morgan fingerprint density at radius 3 is 2.69 bits per heavy atom. The molecule has 4 aromatic rings. The summed E-state index contributed by atoms with van der Waals surface area (Å²) < 4.78 is 5.87. The number of amides is 1. The molecule has 7 nitrogen and oxygen atoms in total. The molecular formula is C28H23N3O4. The number of nitrogens with zero attached hydrogens (tertiary/aromatic N) is 1. The molecule has 1 amide bonds. The van der Waals surface area contributed by atoms with Gasteiger partial charge in [0.2, 0.25) is 0 Å². The Morgan fingerprint density at radius 1 is 1.06 bits per heavy atom. The lowest BCUT2D eigenvalue weighted by Crippen LogP contribution is -2.26. The molecule has 4 rings (SSSR count). The zero-order chi connectivity index (χ0) is 24.6. The zero-order valence-electron chi connectivity index (χ0n) is 18.8. The first kappa shape index (κ1) is 23.3. The van der Waals surface area contributed by atoms with Crippen LogP contribution in [0.25, 0.3) is 17.0 Å². The van der Waals surface area contributed by atoms with Crippen molar-refractivity contribution in [3.8, 4) is 11.8 Å². The highest BCUT2D eigenvalue weighted by atomic mass is 16.5. The first-order valence-corrected chi connectivity index (χ1v) is 11.0. The van der Waals surface area contributed by atoms with Crippen molar-refractivity contribution >= 4 is 28.9 Å². The van der Waals surface area contributed by atoms with Crippen LogP contribution in [0.2, 0.25) is 0 Å². The minimum absolute atomic E-state index is 0.0344. The first-order valence-electron chi connectivity index (χ1n) is 11.0. The molecule has 0 spiro atoms. The van der Waals surface area contributed by atoms with Gasteiger partial charge >= 0.3 is 5.97 Å². The van der Waals surface area contributed by atoms with Gasteiger partial charge in [-0.25, -0.2) is 4.79 Å². The van der Waals surface area contributed by atoms with Gasteiger partial charge < -0.3 is 20.1 Å². The Hall–Kier alpha value is -4.83. The maximum absolute atomic E-state index is 12.7. The lowest BCUT2D eigenvalue weighted by atomic mass is 10.1. The fourth-order valence-corrected chi connectivity index (χ4v) is 3.73. The normalized spacial score (nSPS) is 11.1. The number of nitrogens with one attached hydrogen (secondary N) is 2. The summed E-state index contributed by atoms with van der Waals surface area (Å²) in [5.41, 5.74) is 3.54. The molecule has 0 atom stereocenters. The van der Waals surface area contributed by atoms with Crippen molar-refractivity contribution in [2.75, 3.05) is 6.54 Å². The number of fused-ring (bicyclic) bond motifs is 1. The van der Waals surface area contributed by atoms with Gasteiger partial charge in [0.15, 0.2) is 0 Å². The van der Waals surface area contributed by atoms with E-state index in [1.165, 1.54) is 12.1 Å². The summed E-state index contributed by atoms with van der Waals surface area (Å²) in [6, 6.07) is 23.5. The maximum Gasteiger partial charge on any atom is 0.335 e. The number of carboxylic acids is 1. The Balaban J connectivity index is 1.42. The smallest absolute Gasteiger partial charge is 0.335 e. The summed E-state index contributed by atoms with van der Waals surface area (Å²) in [5, 5.41) is 22.7. The van der Waals surface area contributed by atoms with E-state index in [1.807, 2.05) is 36.5 Å². The number of aromatic carboxylic acids is 1. The number of H-pyrrole nitrogens is 1. The number of hydrogen-bond donors (Lipinski definition) is 3. The third-order valence-electron chi connectivity index (χ3n) is 5.51.